The SMILES string of the molecule is CCc1oc(C(C)(C)C)c(CC)c1C(=O)C(=O)NC1CC=C(Nc2ccncn2)c2ccccc21. The van der Waals surface area contributed by atoms with Crippen LogP contribution in [0.15, 0.2) is 53.3 Å². The highest BCUT2D eigenvalue weighted by molar-refractivity contribution is 6.43. The van der Waals surface area contributed by atoms with Crippen molar-refractivity contribution >= 4 is 23.2 Å². The van der Waals surface area contributed by atoms with Crippen LogP contribution in [0.3, 0.4) is 0 Å². The Kier molecular flexibility index (Phi) is 6.87. The zero-order valence-electron chi connectivity index (χ0n) is 20.9. The predicted octanol–water partition coefficient (Wildman–Crippen LogP) is 5.39. The lowest BCUT2D eigenvalue weighted by Crippen LogP contribution is -2.36. The van der Waals surface area contributed by atoms with Crippen LogP contribution in [0, 0.1) is 0 Å². The number of hydrogen-bond acceptors (Lipinski definition) is 6. The number of ketones is 1. The summed E-state index contributed by atoms with van der Waals surface area (Å²) in [6, 6.07) is 9.33. The van der Waals surface area contributed by atoms with Crippen LogP contribution in [0.25, 0.3) is 5.70 Å². The standard InChI is InChI=1S/C28H32N4O3/c1-6-17-24(22(7-2)35-26(17)28(3,4)5)25(33)27(34)32-21-13-12-20(18-10-8-9-11-19(18)21)31-23-14-15-29-16-30-23/h8-12,14-16,21H,6-7,13H2,1-5H3,(H,32,34)(H,29,30,31). The molecule has 2 aromatic heterocycles. The Morgan fingerprint density at radius 1 is 1.11 bits per heavy atom. The molecule has 1 aliphatic rings. The molecule has 0 bridgehead atoms. The van der Waals surface area contributed by atoms with Crippen LogP contribution in [-0.4, -0.2) is 21.7 Å². The summed E-state index contributed by atoms with van der Waals surface area (Å²) in [5, 5.41) is 6.30. The van der Waals surface area contributed by atoms with Crippen molar-refractivity contribution in [1.82, 2.24) is 15.3 Å². The van der Waals surface area contributed by atoms with Crippen LogP contribution in [0.2, 0.25) is 0 Å². The van der Waals surface area contributed by atoms with E-state index in [1.54, 1.807) is 12.3 Å². The van der Waals surface area contributed by atoms with Gasteiger partial charge < -0.3 is 15.1 Å². The number of furan rings is 1. The van der Waals surface area contributed by atoms with E-state index < -0.39 is 11.7 Å². The van der Waals surface area contributed by atoms with E-state index >= 15 is 0 Å². The van der Waals surface area contributed by atoms with Crippen LogP contribution in [-0.2, 0) is 23.1 Å². The molecule has 1 aliphatic carbocycles. The Labute approximate surface area is 206 Å². The number of carbonyl (C=O) groups is 2. The van der Waals surface area contributed by atoms with Gasteiger partial charge in [-0.1, -0.05) is 65.0 Å². The van der Waals surface area contributed by atoms with E-state index in [0.717, 1.165) is 28.1 Å². The fraction of sp³-hybridized carbons (Fsp3) is 0.357. The van der Waals surface area contributed by atoms with Gasteiger partial charge in [-0.15, -0.1) is 0 Å². The molecule has 2 heterocycles. The molecule has 1 amide bonds. The minimum atomic E-state index is -0.615. The molecule has 0 saturated carbocycles. The Morgan fingerprint density at radius 3 is 2.54 bits per heavy atom. The number of nitrogens with one attached hydrogen (secondary N) is 2. The van der Waals surface area contributed by atoms with E-state index in [9.17, 15) is 9.59 Å². The van der Waals surface area contributed by atoms with Crippen molar-refractivity contribution in [3.05, 3.63) is 82.7 Å². The Balaban J connectivity index is 1.60. The summed E-state index contributed by atoms with van der Waals surface area (Å²) in [6.07, 6.45) is 6.90. The molecule has 0 saturated heterocycles. The lowest BCUT2D eigenvalue weighted by Gasteiger charge is -2.26. The molecule has 0 fully saturated rings. The van der Waals surface area contributed by atoms with Crippen LogP contribution in [0.1, 0.15) is 85.7 Å². The number of aromatic nitrogens is 2. The number of aryl methyl sites for hydroxylation is 1. The number of carbonyl (C=O) groups excluding carboxylic acids is 2. The third kappa shape index (κ3) is 4.90. The van der Waals surface area contributed by atoms with E-state index in [-0.39, 0.29) is 11.5 Å². The second-order valence-corrected chi connectivity index (χ2v) is 9.68. The first kappa shape index (κ1) is 24.4. The van der Waals surface area contributed by atoms with Crippen molar-refractivity contribution in [2.45, 2.75) is 65.3 Å². The van der Waals surface area contributed by atoms with Crippen molar-refractivity contribution in [3.8, 4) is 0 Å². The summed E-state index contributed by atoms with van der Waals surface area (Å²) in [7, 11) is 0. The van der Waals surface area contributed by atoms with Crippen molar-refractivity contribution < 1.29 is 14.0 Å². The number of anilines is 1. The lowest BCUT2D eigenvalue weighted by atomic mass is 9.87. The molecule has 2 N–H and O–H groups in total. The van der Waals surface area contributed by atoms with Gasteiger partial charge in [-0.3, -0.25) is 9.59 Å². The molecule has 3 aromatic rings. The van der Waals surface area contributed by atoms with Gasteiger partial charge in [0, 0.05) is 34.9 Å². The van der Waals surface area contributed by atoms with E-state index in [0.29, 0.717) is 36.4 Å². The maximum absolute atomic E-state index is 13.4. The first-order valence-corrected chi connectivity index (χ1v) is 12.1. The third-order valence-corrected chi connectivity index (χ3v) is 6.20. The predicted molar refractivity (Wildman–Crippen MR) is 136 cm³/mol. The minimum Gasteiger partial charge on any atom is -0.464 e. The van der Waals surface area contributed by atoms with Gasteiger partial charge in [-0.25, -0.2) is 9.97 Å². The molecular weight excluding hydrogens is 440 g/mol. The van der Waals surface area contributed by atoms with Crippen LogP contribution in [0.5, 0.6) is 0 Å². The Hall–Kier alpha value is -3.74. The maximum atomic E-state index is 13.4. The molecule has 0 spiro atoms. The van der Waals surface area contributed by atoms with Gasteiger partial charge in [0.1, 0.15) is 23.7 Å². The van der Waals surface area contributed by atoms with Crippen molar-refractivity contribution in [2.24, 2.45) is 0 Å². The highest BCUT2D eigenvalue weighted by Crippen LogP contribution is 2.35. The van der Waals surface area contributed by atoms with Gasteiger partial charge in [-0.2, -0.15) is 0 Å². The molecule has 0 radical (unpaired) electrons. The molecule has 182 valence electrons. The normalized spacial score (nSPS) is 15.2. The van der Waals surface area contributed by atoms with E-state index in [4.69, 9.17) is 4.42 Å². The molecule has 0 aliphatic heterocycles. The van der Waals surface area contributed by atoms with Gasteiger partial charge in [0.15, 0.2) is 0 Å². The summed E-state index contributed by atoms with van der Waals surface area (Å²) >= 11 is 0. The van der Waals surface area contributed by atoms with E-state index in [1.807, 2.05) is 44.2 Å². The second kappa shape index (κ2) is 9.86. The van der Waals surface area contributed by atoms with Gasteiger partial charge in [-0.05, 0) is 24.5 Å². The highest BCUT2D eigenvalue weighted by atomic mass is 16.3. The topological polar surface area (TPSA) is 97.1 Å². The summed E-state index contributed by atoms with van der Waals surface area (Å²) < 4.78 is 6.11. The third-order valence-electron chi connectivity index (χ3n) is 6.20. The average molecular weight is 473 g/mol. The second-order valence-electron chi connectivity index (χ2n) is 9.68. The van der Waals surface area contributed by atoms with Crippen molar-refractivity contribution in [2.75, 3.05) is 5.32 Å². The van der Waals surface area contributed by atoms with Crippen LogP contribution < -0.4 is 10.6 Å². The van der Waals surface area contributed by atoms with Crippen molar-refractivity contribution in [1.29, 1.82) is 0 Å². The molecular formula is C28H32N4O3. The number of amides is 1. The van der Waals surface area contributed by atoms with E-state index in [2.05, 4.69) is 41.4 Å². The number of benzene rings is 1. The van der Waals surface area contributed by atoms with E-state index in [1.165, 1.54) is 6.33 Å². The monoisotopic (exact) mass is 472 g/mol. The molecule has 1 unspecified atom stereocenters. The maximum Gasteiger partial charge on any atom is 0.293 e. The van der Waals surface area contributed by atoms with Gasteiger partial charge in [0.05, 0.1) is 11.6 Å². The molecule has 7 nitrogen and oxygen atoms in total. The number of rotatable bonds is 7. The van der Waals surface area contributed by atoms with Gasteiger partial charge in [0.2, 0.25) is 0 Å². The quantitative estimate of drug-likeness (QED) is 0.354. The fourth-order valence-corrected chi connectivity index (χ4v) is 4.59. The first-order chi connectivity index (χ1) is 16.7. The van der Waals surface area contributed by atoms with Gasteiger partial charge >= 0.3 is 0 Å². The summed E-state index contributed by atoms with van der Waals surface area (Å²) in [4.78, 5) is 34.8. The number of Topliss-reactive ketones (excluding diaryl/α,β-unsaturated/α-hetero) is 1. The zero-order valence-corrected chi connectivity index (χ0v) is 20.9. The number of fused-ring (bicyclic) bond motifs is 1. The van der Waals surface area contributed by atoms with Crippen LogP contribution >= 0.6 is 0 Å². The number of nitrogens with zero attached hydrogens (tertiary/aromatic N) is 2. The lowest BCUT2D eigenvalue weighted by molar-refractivity contribution is -0.117. The van der Waals surface area contributed by atoms with Crippen LogP contribution in [0.4, 0.5) is 5.82 Å². The zero-order chi connectivity index (χ0) is 25.2. The molecule has 4 rings (SSSR count). The minimum absolute atomic E-state index is 0.259. The highest BCUT2D eigenvalue weighted by Gasteiger charge is 2.33. The molecule has 1 atom stereocenters. The Bertz CT molecular complexity index is 1270. The molecule has 7 heteroatoms. The molecule has 35 heavy (non-hydrogen) atoms. The largest absolute Gasteiger partial charge is 0.464 e. The summed E-state index contributed by atoms with van der Waals surface area (Å²) in [5.41, 5.74) is 3.80. The molecule has 1 aromatic carbocycles. The number of hydrogen-bond donors (Lipinski definition) is 2. The Morgan fingerprint density at radius 2 is 1.89 bits per heavy atom. The smallest absolute Gasteiger partial charge is 0.293 e. The first-order valence-electron chi connectivity index (χ1n) is 12.1. The van der Waals surface area contributed by atoms with Gasteiger partial charge in [0.25, 0.3) is 11.7 Å². The fourth-order valence-electron chi connectivity index (χ4n) is 4.59. The summed E-state index contributed by atoms with van der Waals surface area (Å²) in [6.45, 7) is 10.1. The average Bonchev–Trinajstić information content (AvgIpc) is 3.25. The van der Waals surface area contributed by atoms with Crippen molar-refractivity contribution in [3.63, 3.8) is 0 Å². The summed E-state index contributed by atoms with van der Waals surface area (Å²) in [5.74, 6) is 0.888.